The molecule has 150 valence electrons. The Morgan fingerprint density at radius 3 is 2.93 bits per heavy atom. The lowest BCUT2D eigenvalue weighted by Gasteiger charge is -2.21. The van der Waals surface area contributed by atoms with Crippen LogP contribution in [0.5, 0.6) is 0 Å². The molecule has 0 bridgehead atoms. The number of nitrogens with one attached hydrogen (secondary N) is 2. The van der Waals surface area contributed by atoms with Gasteiger partial charge < -0.3 is 15.2 Å². The number of imidazole rings is 1. The average Bonchev–Trinajstić information content (AvgIpc) is 3.29. The number of para-hydroxylation sites is 2. The fourth-order valence-electron chi connectivity index (χ4n) is 3.70. The zero-order chi connectivity index (χ0) is 18.2. The Morgan fingerprint density at radius 2 is 2.11 bits per heavy atom. The van der Waals surface area contributed by atoms with Crippen molar-refractivity contribution in [3.05, 3.63) is 30.6 Å². The third kappa shape index (κ3) is 6.07. The molecule has 2 N–H and O–H groups in total. The van der Waals surface area contributed by atoms with E-state index >= 15 is 0 Å². The second-order valence-corrected chi connectivity index (χ2v) is 6.85. The number of aromatic nitrogens is 2. The van der Waals surface area contributed by atoms with E-state index in [0.717, 1.165) is 50.6 Å². The van der Waals surface area contributed by atoms with Gasteiger partial charge >= 0.3 is 0 Å². The maximum Gasteiger partial charge on any atom is 0.191 e. The van der Waals surface area contributed by atoms with Gasteiger partial charge in [0.05, 0.1) is 23.9 Å². The lowest BCUT2D eigenvalue weighted by Crippen LogP contribution is -2.39. The van der Waals surface area contributed by atoms with Crippen LogP contribution in [0.4, 0.5) is 0 Å². The third-order valence-corrected chi connectivity index (χ3v) is 5.11. The number of rotatable bonds is 8. The Balaban J connectivity index is 0.00000261. The molecule has 1 atom stereocenters. The van der Waals surface area contributed by atoms with Crippen molar-refractivity contribution in [2.45, 2.75) is 45.7 Å². The van der Waals surface area contributed by atoms with Crippen molar-refractivity contribution >= 4 is 41.0 Å². The number of aryl methyl sites for hydroxylation is 1. The Morgan fingerprint density at radius 1 is 1.26 bits per heavy atom. The monoisotopic (exact) mass is 484 g/mol. The lowest BCUT2D eigenvalue weighted by molar-refractivity contribution is 0.273. The van der Waals surface area contributed by atoms with Crippen LogP contribution in [0.15, 0.2) is 35.6 Å². The number of aliphatic imine (C=N–C) groups is 1. The molecule has 0 amide bonds. The van der Waals surface area contributed by atoms with Gasteiger partial charge in [-0.1, -0.05) is 19.1 Å². The minimum atomic E-state index is 0. The van der Waals surface area contributed by atoms with Crippen molar-refractivity contribution in [1.29, 1.82) is 0 Å². The first-order chi connectivity index (χ1) is 12.8. The fourth-order valence-corrected chi connectivity index (χ4v) is 3.70. The minimum absolute atomic E-state index is 0. The highest BCUT2D eigenvalue weighted by Gasteiger charge is 2.22. The average molecular weight is 484 g/mol. The first-order valence-electron chi connectivity index (χ1n) is 9.98. The van der Waals surface area contributed by atoms with E-state index in [-0.39, 0.29) is 24.0 Å². The summed E-state index contributed by atoms with van der Waals surface area (Å²) in [7, 11) is 0. The summed E-state index contributed by atoms with van der Waals surface area (Å²) in [6.07, 6.45) is 5.54. The molecule has 1 unspecified atom stereocenters. The van der Waals surface area contributed by atoms with Gasteiger partial charge in [-0.15, -0.1) is 24.0 Å². The van der Waals surface area contributed by atoms with E-state index in [4.69, 9.17) is 4.99 Å². The Hall–Kier alpha value is -1.35. The minimum Gasteiger partial charge on any atom is -0.357 e. The van der Waals surface area contributed by atoms with Crippen LogP contribution in [0, 0.1) is 0 Å². The predicted molar refractivity (Wildman–Crippen MR) is 124 cm³/mol. The molecular formula is C20H33IN6. The number of benzene rings is 1. The van der Waals surface area contributed by atoms with E-state index in [0.29, 0.717) is 6.04 Å². The number of halogens is 1. The molecule has 2 heterocycles. The van der Waals surface area contributed by atoms with Crippen LogP contribution in [0.3, 0.4) is 0 Å². The van der Waals surface area contributed by atoms with Crippen LogP contribution in [0.2, 0.25) is 0 Å². The maximum absolute atomic E-state index is 4.81. The number of nitrogens with zero attached hydrogens (tertiary/aromatic N) is 4. The number of hydrogen-bond donors (Lipinski definition) is 2. The van der Waals surface area contributed by atoms with Crippen molar-refractivity contribution in [3.8, 4) is 0 Å². The Bertz CT molecular complexity index is 713. The molecule has 0 radical (unpaired) electrons. The standard InChI is InChI=1S/C20H32N6.HI/c1-3-21-20(23-15-17-9-7-13-25(17)4-2)22-12-8-14-26-16-24-18-10-5-6-11-19(18)26;/h5-6,10-11,16-17H,3-4,7-9,12-15H2,1-2H3,(H2,21,22,23);1H. The molecule has 1 aromatic heterocycles. The van der Waals surface area contributed by atoms with Gasteiger partial charge in [0, 0.05) is 25.7 Å². The van der Waals surface area contributed by atoms with Gasteiger partial charge in [0.15, 0.2) is 5.96 Å². The first kappa shape index (κ1) is 21.9. The summed E-state index contributed by atoms with van der Waals surface area (Å²) >= 11 is 0. The summed E-state index contributed by atoms with van der Waals surface area (Å²) in [5.41, 5.74) is 2.27. The number of fused-ring (bicyclic) bond motifs is 1. The summed E-state index contributed by atoms with van der Waals surface area (Å²) in [6.45, 7) is 10.3. The van der Waals surface area contributed by atoms with Crippen LogP contribution in [-0.2, 0) is 6.54 Å². The van der Waals surface area contributed by atoms with Crippen molar-refractivity contribution in [1.82, 2.24) is 25.1 Å². The Kier molecular flexibility index (Phi) is 9.33. The second kappa shape index (κ2) is 11.5. The molecule has 0 aliphatic carbocycles. The summed E-state index contributed by atoms with van der Waals surface area (Å²) in [5.74, 6) is 0.936. The lowest BCUT2D eigenvalue weighted by atomic mass is 10.2. The first-order valence-corrected chi connectivity index (χ1v) is 9.98. The molecule has 3 rings (SSSR count). The molecule has 6 nitrogen and oxygen atoms in total. The highest BCUT2D eigenvalue weighted by atomic mass is 127. The van der Waals surface area contributed by atoms with Gasteiger partial charge in [-0.2, -0.15) is 0 Å². The number of guanidine groups is 1. The molecule has 27 heavy (non-hydrogen) atoms. The van der Waals surface area contributed by atoms with Crippen molar-refractivity contribution in [2.75, 3.05) is 32.7 Å². The van der Waals surface area contributed by atoms with Crippen LogP contribution < -0.4 is 10.6 Å². The highest BCUT2D eigenvalue weighted by molar-refractivity contribution is 14.0. The van der Waals surface area contributed by atoms with Gasteiger partial charge in [0.25, 0.3) is 0 Å². The molecule has 1 fully saturated rings. The van der Waals surface area contributed by atoms with E-state index in [2.05, 4.69) is 57.1 Å². The molecule has 1 aliphatic heterocycles. The quantitative estimate of drug-likeness (QED) is 0.262. The molecule has 0 saturated carbocycles. The van der Waals surface area contributed by atoms with E-state index in [1.807, 2.05) is 12.4 Å². The summed E-state index contributed by atoms with van der Waals surface area (Å²) in [5, 5.41) is 6.84. The fraction of sp³-hybridized carbons (Fsp3) is 0.600. The van der Waals surface area contributed by atoms with Gasteiger partial charge in [-0.05, 0) is 51.4 Å². The SMILES string of the molecule is CCNC(=NCC1CCCN1CC)NCCCn1cnc2ccccc21.I. The third-order valence-electron chi connectivity index (χ3n) is 5.11. The molecule has 2 aromatic rings. The van der Waals surface area contributed by atoms with Crippen LogP contribution in [0.25, 0.3) is 11.0 Å². The zero-order valence-electron chi connectivity index (χ0n) is 16.5. The smallest absolute Gasteiger partial charge is 0.191 e. The molecule has 7 heteroatoms. The highest BCUT2D eigenvalue weighted by Crippen LogP contribution is 2.16. The van der Waals surface area contributed by atoms with Crippen molar-refractivity contribution in [2.24, 2.45) is 4.99 Å². The largest absolute Gasteiger partial charge is 0.357 e. The maximum atomic E-state index is 4.81. The van der Waals surface area contributed by atoms with E-state index in [9.17, 15) is 0 Å². The number of likely N-dealkylation sites (tertiary alicyclic amines) is 1. The molecule has 1 aromatic carbocycles. The number of likely N-dealkylation sites (N-methyl/N-ethyl adjacent to an activating group) is 1. The number of hydrogen-bond acceptors (Lipinski definition) is 3. The van der Waals surface area contributed by atoms with Crippen LogP contribution in [-0.4, -0.2) is 59.2 Å². The van der Waals surface area contributed by atoms with Gasteiger partial charge in [-0.25, -0.2) is 4.98 Å². The summed E-state index contributed by atoms with van der Waals surface area (Å²) < 4.78 is 2.22. The molecule has 0 spiro atoms. The van der Waals surface area contributed by atoms with E-state index < -0.39 is 0 Å². The van der Waals surface area contributed by atoms with Crippen LogP contribution >= 0.6 is 24.0 Å². The summed E-state index contributed by atoms with van der Waals surface area (Å²) in [4.78, 5) is 11.8. The van der Waals surface area contributed by atoms with Gasteiger partial charge in [0.2, 0.25) is 0 Å². The normalized spacial score (nSPS) is 17.9. The van der Waals surface area contributed by atoms with Gasteiger partial charge in [-0.3, -0.25) is 9.89 Å². The molecule has 1 saturated heterocycles. The topological polar surface area (TPSA) is 57.5 Å². The zero-order valence-corrected chi connectivity index (χ0v) is 18.9. The van der Waals surface area contributed by atoms with Crippen molar-refractivity contribution in [3.63, 3.8) is 0 Å². The molecule has 1 aliphatic rings. The molecular weight excluding hydrogens is 451 g/mol. The van der Waals surface area contributed by atoms with E-state index in [1.54, 1.807) is 0 Å². The van der Waals surface area contributed by atoms with Crippen LogP contribution in [0.1, 0.15) is 33.1 Å². The van der Waals surface area contributed by atoms with E-state index in [1.165, 1.54) is 24.9 Å². The summed E-state index contributed by atoms with van der Waals surface area (Å²) in [6, 6.07) is 8.89. The van der Waals surface area contributed by atoms with Gasteiger partial charge in [0.1, 0.15) is 0 Å². The second-order valence-electron chi connectivity index (χ2n) is 6.85. The van der Waals surface area contributed by atoms with Crippen molar-refractivity contribution < 1.29 is 0 Å². The Labute approximate surface area is 179 Å². The predicted octanol–water partition coefficient (Wildman–Crippen LogP) is 3.08.